The molecule has 0 bridgehead atoms. The number of hydrogen-bond acceptors (Lipinski definition) is 3. The molecule has 2 unspecified atom stereocenters. The Labute approximate surface area is 132 Å². The molecule has 1 aliphatic heterocycles. The average molecular weight is 317 g/mol. The largest absolute Gasteiger partial charge is 0.310 e. The molecule has 1 saturated heterocycles. The maximum Gasteiger partial charge on any atom is 0.151 e. The lowest BCUT2D eigenvalue weighted by atomic mass is 10.0. The smallest absolute Gasteiger partial charge is 0.151 e. The van der Waals surface area contributed by atoms with Crippen molar-refractivity contribution in [2.45, 2.75) is 38.3 Å². The van der Waals surface area contributed by atoms with Crippen LogP contribution in [0.2, 0.25) is 0 Å². The highest BCUT2D eigenvalue weighted by Crippen LogP contribution is 2.18. The van der Waals surface area contributed by atoms with Crippen LogP contribution in [0.25, 0.3) is 10.8 Å². The van der Waals surface area contributed by atoms with Crippen molar-refractivity contribution in [1.29, 1.82) is 0 Å². The van der Waals surface area contributed by atoms with Crippen molar-refractivity contribution in [1.82, 2.24) is 5.32 Å². The molecule has 0 amide bonds. The fourth-order valence-corrected chi connectivity index (χ4v) is 4.98. The first-order chi connectivity index (χ1) is 10.5. The summed E-state index contributed by atoms with van der Waals surface area (Å²) in [6.07, 6.45) is 2.66. The molecule has 3 rings (SSSR count). The fraction of sp³-hybridized carbons (Fsp3) is 0.444. The van der Waals surface area contributed by atoms with Crippen molar-refractivity contribution in [3.05, 3.63) is 48.0 Å². The number of fused-ring (bicyclic) bond motifs is 1. The van der Waals surface area contributed by atoms with Crippen LogP contribution >= 0.6 is 0 Å². The highest BCUT2D eigenvalue weighted by Gasteiger charge is 2.25. The standard InChI is InChI=1S/C18H23NO2S/c1-14(19-18-7-4-10-22(20,21)13-18)11-15-8-9-16-5-2-3-6-17(16)12-15/h2-3,5-6,8-9,12,14,18-19H,4,7,10-11,13H2,1H3. The zero-order valence-corrected chi connectivity index (χ0v) is 13.8. The Morgan fingerprint density at radius 3 is 2.73 bits per heavy atom. The summed E-state index contributed by atoms with van der Waals surface area (Å²) in [5, 5.41) is 6.00. The average Bonchev–Trinajstić information content (AvgIpc) is 2.46. The van der Waals surface area contributed by atoms with Gasteiger partial charge in [-0.2, -0.15) is 0 Å². The van der Waals surface area contributed by atoms with Crippen LogP contribution in [0.15, 0.2) is 42.5 Å². The highest BCUT2D eigenvalue weighted by atomic mass is 32.2. The first kappa shape index (κ1) is 15.5. The molecular weight excluding hydrogens is 294 g/mol. The maximum absolute atomic E-state index is 11.7. The van der Waals surface area contributed by atoms with Crippen LogP contribution in [0.4, 0.5) is 0 Å². The molecule has 0 radical (unpaired) electrons. The van der Waals surface area contributed by atoms with E-state index in [4.69, 9.17) is 0 Å². The molecule has 2 atom stereocenters. The first-order valence-electron chi connectivity index (χ1n) is 7.96. The zero-order valence-electron chi connectivity index (χ0n) is 13.0. The second kappa shape index (κ2) is 6.39. The van der Waals surface area contributed by atoms with Crippen molar-refractivity contribution in [3.63, 3.8) is 0 Å². The number of hydrogen-bond donors (Lipinski definition) is 1. The fourth-order valence-electron chi connectivity index (χ4n) is 3.33. The van der Waals surface area contributed by atoms with E-state index < -0.39 is 9.84 Å². The summed E-state index contributed by atoms with van der Waals surface area (Å²) in [6.45, 7) is 2.14. The van der Waals surface area contributed by atoms with E-state index in [1.165, 1.54) is 16.3 Å². The minimum absolute atomic E-state index is 0.106. The SMILES string of the molecule is CC(Cc1ccc2ccccc2c1)NC1CCCS(=O)(=O)C1. The molecule has 22 heavy (non-hydrogen) atoms. The van der Waals surface area contributed by atoms with Gasteiger partial charge in [-0.1, -0.05) is 42.5 Å². The van der Waals surface area contributed by atoms with Crippen molar-refractivity contribution in [2.24, 2.45) is 0 Å². The molecule has 0 aromatic heterocycles. The molecule has 0 spiro atoms. The van der Waals surface area contributed by atoms with Gasteiger partial charge in [0.15, 0.2) is 9.84 Å². The van der Waals surface area contributed by atoms with E-state index in [1.807, 2.05) is 0 Å². The van der Waals surface area contributed by atoms with E-state index in [-0.39, 0.29) is 17.8 Å². The van der Waals surface area contributed by atoms with Gasteiger partial charge in [0.2, 0.25) is 0 Å². The summed E-state index contributed by atoms with van der Waals surface area (Å²) in [4.78, 5) is 0. The molecule has 4 heteroatoms. The summed E-state index contributed by atoms with van der Waals surface area (Å²) < 4.78 is 23.4. The van der Waals surface area contributed by atoms with Crippen molar-refractivity contribution in [2.75, 3.05) is 11.5 Å². The van der Waals surface area contributed by atoms with Crippen LogP contribution in [-0.4, -0.2) is 32.0 Å². The number of nitrogens with one attached hydrogen (secondary N) is 1. The zero-order chi connectivity index (χ0) is 15.6. The van der Waals surface area contributed by atoms with Crippen LogP contribution in [0.5, 0.6) is 0 Å². The molecular formula is C18H23NO2S. The van der Waals surface area contributed by atoms with Crippen molar-refractivity contribution >= 4 is 20.6 Å². The van der Waals surface area contributed by atoms with E-state index in [0.29, 0.717) is 5.75 Å². The quantitative estimate of drug-likeness (QED) is 0.943. The van der Waals surface area contributed by atoms with Crippen LogP contribution in [0.1, 0.15) is 25.3 Å². The van der Waals surface area contributed by atoms with Crippen LogP contribution in [-0.2, 0) is 16.3 Å². The van der Waals surface area contributed by atoms with Crippen molar-refractivity contribution in [3.8, 4) is 0 Å². The van der Waals surface area contributed by atoms with E-state index in [2.05, 4.69) is 54.7 Å². The van der Waals surface area contributed by atoms with Gasteiger partial charge in [-0.05, 0) is 42.5 Å². The Bertz CT molecular complexity index is 755. The predicted octanol–water partition coefficient (Wildman–Crippen LogP) is 2.94. The van der Waals surface area contributed by atoms with Crippen LogP contribution < -0.4 is 5.32 Å². The summed E-state index contributed by atoms with van der Waals surface area (Å²) in [6, 6.07) is 15.3. The van der Waals surface area contributed by atoms with Gasteiger partial charge in [0.05, 0.1) is 11.5 Å². The summed E-state index contributed by atoms with van der Waals surface area (Å²) in [7, 11) is -2.84. The van der Waals surface area contributed by atoms with Gasteiger partial charge >= 0.3 is 0 Å². The molecule has 1 fully saturated rings. The van der Waals surface area contributed by atoms with Crippen LogP contribution in [0, 0.1) is 0 Å². The first-order valence-corrected chi connectivity index (χ1v) is 9.78. The van der Waals surface area contributed by atoms with E-state index in [1.54, 1.807) is 0 Å². The molecule has 0 aliphatic carbocycles. The van der Waals surface area contributed by atoms with Gasteiger partial charge in [0.1, 0.15) is 0 Å². The number of rotatable bonds is 4. The van der Waals surface area contributed by atoms with Gasteiger partial charge in [-0.3, -0.25) is 0 Å². The predicted molar refractivity (Wildman–Crippen MR) is 91.9 cm³/mol. The van der Waals surface area contributed by atoms with E-state index in [0.717, 1.165) is 19.3 Å². The number of benzene rings is 2. The second-order valence-electron chi connectivity index (χ2n) is 6.41. The monoisotopic (exact) mass is 317 g/mol. The summed E-state index contributed by atoms with van der Waals surface area (Å²) in [5.74, 6) is 0.638. The lowest BCUT2D eigenvalue weighted by Crippen LogP contribution is -2.44. The number of sulfone groups is 1. The van der Waals surface area contributed by atoms with E-state index >= 15 is 0 Å². The van der Waals surface area contributed by atoms with Gasteiger partial charge < -0.3 is 5.32 Å². The molecule has 2 aromatic carbocycles. The molecule has 3 nitrogen and oxygen atoms in total. The third-order valence-electron chi connectivity index (χ3n) is 4.34. The van der Waals surface area contributed by atoms with Gasteiger partial charge in [-0.25, -0.2) is 8.42 Å². The Balaban J connectivity index is 1.64. The Hall–Kier alpha value is -1.39. The van der Waals surface area contributed by atoms with Gasteiger partial charge in [0, 0.05) is 12.1 Å². The molecule has 118 valence electrons. The molecule has 1 N–H and O–H groups in total. The Kier molecular flexibility index (Phi) is 4.50. The third-order valence-corrected chi connectivity index (χ3v) is 6.16. The lowest BCUT2D eigenvalue weighted by molar-refractivity contribution is 0.428. The second-order valence-corrected chi connectivity index (χ2v) is 8.64. The lowest BCUT2D eigenvalue weighted by Gasteiger charge is -2.26. The molecule has 1 aliphatic rings. The van der Waals surface area contributed by atoms with Gasteiger partial charge in [0.25, 0.3) is 0 Å². The molecule has 2 aromatic rings. The third kappa shape index (κ3) is 3.87. The van der Waals surface area contributed by atoms with E-state index in [9.17, 15) is 8.42 Å². The minimum Gasteiger partial charge on any atom is -0.310 e. The molecule has 0 saturated carbocycles. The topological polar surface area (TPSA) is 46.2 Å². The molecule has 1 heterocycles. The van der Waals surface area contributed by atoms with Crippen LogP contribution in [0.3, 0.4) is 0 Å². The van der Waals surface area contributed by atoms with Crippen molar-refractivity contribution < 1.29 is 8.42 Å². The normalized spacial score (nSPS) is 22.5. The Morgan fingerprint density at radius 1 is 1.18 bits per heavy atom. The minimum atomic E-state index is -2.84. The highest BCUT2D eigenvalue weighted by molar-refractivity contribution is 7.91. The summed E-state index contributed by atoms with van der Waals surface area (Å²) in [5.41, 5.74) is 1.29. The Morgan fingerprint density at radius 2 is 1.95 bits per heavy atom. The maximum atomic E-state index is 11.7. The van der Waals surface area contributed by atoms with Gasteiger partial charge in [-0.15, -0.1) is 0 Å². The summed E-state index contributed by atoms with van der Waals surface area (Å²) >= 11 is 0.